The summed E-state index contributed by atoms with van der Waals surface area (Å²) >= 11 is 7.15. The zero-order valence-electron chi connectivity index (χ0n) is 7.74. The van der Waals surface area contributed by atoms with Crippen LogP contribution in [-0.4, -0.2) is 40.0 Å². The van der Waals surface area contributed by atoms with E-state index in [1.54, 1.807) is 0 Å². The van der Waals surface area contributed by atoms with E-state index in [-0.39, 0.29) is 0 Å². The normalized spacial score (nSPS) is 35.4. The maximum atomic E-state index is 5.74. The van der Waals surface area contributed by atoms with Gasteiger partial charge in [-0.15, -0.1) is 0 Å². The second-order valence-corrected chi connectivity index (χ2v) is 5.44. The van der Waals surface area contributed by atoms with Crippen LogP contribution in [0.5, 0.6) is 0 Å². The number of hydrogen-bond acceptors (Lipinski definition) is 3. The maximum Gasteiger partial charge on any atom is 0.0902 e. The van der Waals surface area contributed by atoms with Crippen molar-refractivity contribution in [2.24, 2.45) is 5.73 Å². The molecule has 2 N–H and O–H groups in total. The Kier molecular flexibility index (Phi) is 3.11. The molecule has 0 radical (unpaired) electrons. The van der Waals surface area contributed by atoms with E-state index in [2.05, 4.69) is 16.7 Å². The fourth-order valence-electron chi connectivity index (χ4n) is 2.32. The summed E-state index contributed by atoms with van der Waals surface area (Å²) in [5.41, 5.74) is 5.74. The molecule has 0 aromatic carbocycles. The number of nitrogens with two attached hydrogens (primary N) is 1. The van der Waals surface area contributed by atoms with Crippen LogP contribution in [-0.2, 0) is 0 Å². The van der Waals surface area contributed by atoms with Gasteiger partial charge in [0.2, 0.25) is 0 Å². The lowest BCUT2D eigenvalue weighted by atomic mass is 10.1. The summed E-state index contributed by atoms with van der Waals surface area (Å²) in [6.45, 7) is 1.20. The quantitative estimate of drug-likeness (QED) is 0.703. The molecular weight excluding hydrogens is 200 g/mol. The average molecular weight is 216 g/mol. The van der Waals surface area contributed by atoms with Crippen LogP contribution in [0, 0.1) is 0 Å². The lowest BCUT2D eigenvalue weighted by molar-refractivity contribution is 0.235. The fourth-order valence-corrected chi connectivity index (χ4v) is 3.80. The summed E-state index contributed by atoms with van der Waals surface area (Å²) in [6, 6.07) is 1.15. The van der Waals surface area contributed by atoms with Crippen LogP contribution in [0.2, 0.25) is 0 Å². The Bertz CT molecular complexity index is 202. The monoisotopic (exact) mass is 216 g/mol. The molecule has 13 heavy (non-hydrogen) atoms. The Balaban J connectivity index is 2.00. The third-order valence-electron chi connectivity index (χ3n) is 3.00. The van der Waals surface area contributed by atoms with Crippen molar-refractivity contribution in [1.82, 2.24) is 4.90 Å². The number of rotatable bonds is 2. The molecule has 2 rings (SSSR count). The second-order valence-electron chi connectivity index (χ2n) is 3.82. The molecule has 0 aromatic heterocycles. The molecular formula is C9H16N2S2. The van der Waals surface area contributed by atoms with Crippen LogP contribution in [0.25, 0.3) is 0 Å². The van der Waals surface area contributed by atoms with Crippen LogP contribution in [0.3, 0.4) is 0 Å². The van der Waals surface area contributed by atoms with Crippen molar-refractivity contribution >= 4 is 29.0 Å². The Morgan fingerprint density at radius 1 is 1.46 bits per heavy atom. The van der Waals surface area contributed by atoms with Crippen LogP contribution < -0.4 is 5.73 Å². The van der Waals surface area contributed by atoms with Gasteiger partial charge < -0.3 is 5.73 Å². The lowest BCUT2D eigenvalue weighted by Gasteiger charge is -2.29. The lowest BCUT2D eigenvalue weighted by Crippen LogP contribution is -2.45. The number of nitrogens with zero attached hydrogens (tertiary/aromatic N) is 1. The fraction of sp³-hybridized carbons (Fsp3) is 0.889. The first-order valence-electron chi connectivity index (χ1n) is 4.92. The number of hydrogen-bond donors (Lipinski definition) is 1. The van der Waals surface area contributed by atoms with Gasteiger partial charge in [-0.1, -0.05) is 12.2 Å². The summed E-state index contributed by atoms with van der Waals surface area (Å²) in [4.78, 5) is 3.23. The molecule has 2 heterocycles. The van der Waals surface area contributed by atoms with E-state index in [0.29, 0.717) is 11.0 Å². The summed E-state index contributed by atoms with van der Waals surface area (Å²) in [7, 11) is 0. The van der Waals surface area contributed by atoms with Gasteiger partial charge in [0.05, 0.1) is 11.0 Å². The molecule has 74 valence electrons. The highest BCUT2D eigenvalue weighted by atomic mass is 32.2. The molecule has 0 aliphatic carbocycles. The van der Waals surface area contributed by atoms with E-state index >= 15 is 0 Å². The highest BCUT2D eigenvalue weighted by Crippen LogP contribution is 2.28. The van der Waals surface area contributed by atoms with Crippen LogP contribution in [0.15, 0.2) is 0 Å². The van der Waals surface area contributed by atoms with E-state index in [1.165, 1.54) is 37.3 Å². The van der Waals surface area contributed by atoms with Crippen molar-refractivity contribution in [2.75, 3.05) is 18.1 Å². The molecule has 2 saturated heterocycles. The van der Waals surface area contributed by atoms with Gasteiger partial charge in [0, 0.05) is 11.8 Å². The standard InChI is InChI=1S/C9H16N2S2/c10-9(12)8-2-1-4-11(8)7-3-5-13-6-7/h7-8H,1-6H2,(H2,10,12). The van der Waals surface area contributed by atoms with Crippen LogP contribution >= 0.6 is 24.0 Å². The third kappa shape index (κ3) is 2.00. The zero-order chi connectivity index (χ0) is 9.26. The SMILES string of the molecule is NC(=S)C1CCCN1C1CCSC1. The number of thiocarbonyl (C=S) groups is 1. The van der Waals surface area contributed by atoms with E-state index < -0.39 is 0 Å². The van der Waals surface area contributed by atoms with Gasteiger partial charge in [0.25, 0.3) is 0 Å². The van der Waals surface area contributed by atoms with Gasteiger partial charge in [0.1, 0.15) is 0 Å². The Labute approximate surface area is 89.2 Å². The van der Waals surface area contributed by atoms with Crippen LogP contribution in [0.4, 0.5) is 0 Å². The molecule has 2 aliphatic heterocycles. The van der Waals surface area contributed by atoms with E-state index in [1.807, 2.05) is 0 Å². The third-order valence-corrected chi connectivity index (χ3v) is 4.41. The number of thioether (sulfide) groups is 1. The minimum atomic E-state index is 0.402. The van der Waals surface area contributed by atoms with Gasteiger partial charge >= 0.3 is 0 Å². The van der Waals surface area contributed by atoms with Gasteiger partial charge in [-0.3, -0.25) is 4.90 Å². The van der Waals surface area contributed by atoms with E-state index in [9.17, 15) is 0 Å². The Hall–Kier alpha value is 0.200. The highest BCUT2D eigenvalue weighted by molar-refractivity contribution is 7.99. The predicted octanol–water partition coefficient (Wildman–Crippen LogP) is 1.24. The average Bonchev–Trinajstić information content (AvgIpc) is 2.74. The zero-order valence-corrected chi connectivity index (χ0v) is 9.37. The molecule has 2 atom stereocenters. The van der Waals surface area contributed by atoms with E-state index in [0.717, 1.165) is 6.04 Å². The van der Waals surface area contributed by atoms with Crippen molar-refractivity contribution < 1.29 is 0 Å². The Morgan fingerprint density at radius 2 is 2.31 bits per heavy atom. The van der Waals surface area contributed by atoms with Gasteiger partial charge in [-0.2, -0.15) is 11.8 Å². The summed E-state index contributed by atoms with van der Waals surface area (Å²) in [6.07, 6.45) is 3.77. The molecule has 0 bridgehead atoms. The van der Waals surface area contributed by atoms with Gasteiger partial charge in [0.15, 0.2) is 0 Å². The molecule has 2 aliphatic rings. The van der Waals surface area contributed by atoms with Crippen molar-refractivity contribution in [2.45, 2.75) is 31.3 Å². The van der Waals surface area contributed by atoms with Crippen molar-refractivity contribution in [3.05, 3.63) is 0 Å². The first-order chi connectivity index (χ1) is 6.29. The topological polar surface area (TPSA) is 29.3 Å². The molecule has 2 unspecified atom stereocenters. The minimum absolute atomic E-state index is 0.402. The Morgan fingerprint density at radius 3 is 2.92 bits per heavy atom. The second kappa shape index (κ2) is 4.15. The summed E-state index contributed by atoms with van der Waals surface area (Å²) < 4.78 is 0. The first kappa shape index (κ1) is 9.74. The summed E-state index contributed by atoms with van der Waals surface area (Å²) in [5.74, 6) is 2.59. The molecule has 0 spiro atoms. The van der Waals surface area contributed by atoms with Gasteiger partial charge in [-0.25, -0.2) is 0 Å². The van der Waals surface area contributed by atoms with Crippen molar-refractivity contribution in [3.63, 3.8) is 0 Å². The summed E-state index contributed by atoms with van der Waals surface area (Å²) in [5, 5.41) is 0. The van der Waals surface area contributed by atoms with Crippen LogP contribution in [0.1, 0.15) is 19.3 Å². The van der Waals surface area contributed by atoms with Crippen molar-refractivity contribution in [1.29, 1.82) is 0 Å². The first-order valence-corrected chi connectivity index (χ1v) is 6.48. The van der Waals surface area contributed by atoms with Gasteiger partial charge in [-0.05, 0) is 31.6 Å². The molecule has 2 fully saturated rings. The minimum Gasteiger partial charge on any atom is -0.392 e. The highest BCUT2D eigenvalue weighted by Gasteiger charge is 2.33. The molecule has 2 nitrogen and oxygen atoms in total. The molecule has 0 saturated carbocycles. The largest absolute Gasteiger partial charge is 0.392 e. The smallest absolute Gasteiger partial charge is 0.0902 e. The van der Waals surface area contributed by atoms with Crippen molar-refractivity contribution in [3.8, 4) is 0 Å². The predicted molar refractivity (Wildman–Crippen MR) is 62.2 cm³/mol. The molecule has 0 aromatic rings. The number of likely N-dealkylation sites (tertiary alicyclic amines) is 1. The molecule has 4 heteroatoms. The maximum absolute atomic E-state index is 5.74. The van der Waals surface area contributed by atoms with E-state index in [4.69, 9.17) is 18.0 Å². The molecule has 0 amide bonds.